The number of ether oxygens (including phenoxy) is 1. The Bertz CT molecular complexity index is 983. The number of hydrogen-bond donors (Lipinski definition) is 0. The van der Waals surface area contributed by atoms with Crippen molar-refractivity contribution in [1.82, 2.24) is 14.8 Å². The minimum Gasteiger partial charge on any atom is -0.378 e. The van der Waals surface area contributed by atoms with E-state index in [2.05, 4.69) is 50.9 Å². The van der Waals surface area contributed by atoms with E-state index in [1.807, 2.05) is 30.3 Å². The second-order valence-corrected chi connectivity index (χ2v) is 8.56. The van der Waals surface area contributed by atoms with E-state index >= 15 is 0 Å². The van der Waals surface area contributed by atoms with Crippen LogP contribution >= 0.6 is 11.8 Å². The molecule has 0 N–H and O–H groups in total. The molecule has 0 atom stereocenters. The highest BCUT2D eigenvalue weighted by Gasteiger charge is 2.21. The van der Waals surface area contributed by atoms with Gasteiger partial charge in [-0.1, -0.05) is 79.7 Å². The van der Waals surface area contributed by atoms with Crippen molar-refractivity contribution in [3.8, 4) is 0 Å². The summed E-state index contributed by atoms with van der Waals surface area (Å²) >= 11 is 1.45. The third-order valence-corrected chi connectivity index (χ3v) is 6.29. The average Bonchev–Trinajstić information content (AvgIpc) is 3.22. The Morgan fingerprint density at radius 3 is 2.45 bits per heavy atom. The summed E-state index contributed by atoms with van der Waals surface area (Å²) < 4.78 is 7.60. The van der Waals surface area contributed by atoms with E-state index in [4.69, 9.17) is 4.74 Å². The number of thioether (sulfide) groups is 1. The SMILES string of the molecule is CCCc1ccc(C(=O)CSc2nnc(N3CCOCC3)n2Cc2ccccc2)cc1. The van der Waals surface area contributed by atoms with Gasteiger partial charge in [0.2, 0.25) is 5.95 Å². The predicted octanol–water partition coefficient (Wildman–Crippen LogP) is 4.09. The molecule has 0 spiro atoms. The van der Waals surface area contributed by atoms with E-state index in [1.54, 1.807) is 0 Å². The maximum atomic E-state index is 12.8. The molecular formula is C24H28N4O2S. The molecule has 0 amide bonds. The summed E-state index contributed by atoms with van der Waals surface area (Å²) in [7, 11) is 0. The van der Waals surface area contributed by atoms with E-state index in [0.717, 1.165) is 42.6 Å². The molecule has 0 saturated carbocycles. The summed E-state index contributed by atoms with van der Waals surface area (Å²) in [5.74, 6) is 1.28. The number of nitrogens with zero attached hydrogens (tertiary/aromatic N) is 4. The van der Waals surface area contributed by atoms with Gasteiger partial charge < -0.3 is 9.64 Å². The van der Waals surface area contributed by atoms with Gasteiger partial charge in [0.1, 0.15) is 0 Å². The third-order valence-electron chi connectivity index (χ3n) is 5.32. The monoisotopic (exact) mass is 436 g/mol. The first-order chi connectivity index (χ1) is 15.2. The lowest BCUT2D eigenvalue weighted by Gasteiger charge is -2.28. The Kier molecular flexibility index (Phi) is 7.38. The number of carbonyl (C=O) groups is 1. The molecule has 4 rings (SSSR count). The fourth-order valence-corrected chi connectivity index (χ4v) is 4.48. The van der Waals surface area contributed by atoms with Crippen molar-refractivity contribution in [3.05, 3.63) is 71.3 Å². The summed E-state index contributed by atoms with van der Waals surface area (Å²) in [6.45, 7) is 5.79. The molecule has 3 aromatic rings. The number of aromatic nitrogens is 3. The molecule has 1 aliphatic heterocycles. The summed E-state index contributed by atoms with van der Waals surface area (Å²) in [6, 6.07) is 18.2. The standard InChI is InChI=1S/C24H28N4O2S/c1-2-6-19-9-11-21(12-10-19)22(29)18-31-24-26-25-23(27-13-15-30-16-14-27)28(24)17-20-7-4-3-5-8-20/h3-5,7-12H,2,6,13-18H2,1H3. The van der Waals surface area contributed by atoms with Gasteiger partial charge in [-0.05, 0) is 17.5 Å². The van der Waals surface area contributed by atoms with Gasteiger partial charge in [-0.2, -0.15) is 0 Å². The van der Waals surface area contributed by atoms with Crippen molar-refractivity contribution >= 4 is 23.5 Å². The largest absolute Gasteiger partial charge is 0.378 e. The first-order valence-electron chi connectivity index (χ1n) is 10.8. The Balaban J connectivity index is 1.50. The fourth-order valence-electron chi connectivity index (χ4n) is 3.65. The number of rotatable bonds is 9. The van der Waals surface area contributed by atoms with Crippen LogP contribution in [-0.4, -0.2) is 52.6 Å². The van der Waals surface area contributed by atoms with E-state index in [-0.39, 0.29) is 5.78 Å². The number of anilines is 1. The van der Waals surface area contributed by atoms with Crippen LogP contribution in [0.25, 0.3) is 0 Å². The number of aryl methyl sites for hydroxylation is 1. The molecule has 1 saturated heterocycles. The lowest BCUT2D eigenvalue weighted by molar-refractivity contribution is 0.102. The van der Waals surface area contributed by atoms with Gasteiger partial charge >= 0.3 is 0 Å². The highest BCUT2D eigenvalue weighted by atomic mass is 32.2. The fraction of sp³-hybridized carbons (Fsp3) is 0.375. The Hall–Kier alpha value is -2.64. The van der Waals surface area contributed by atoms with E-state index < -0.39 is 0 Å². The second-order valence-electron chi connectivity index (χ2n) is 7.61. The Labute approximate surface area is 187 Å². The first kappa shape index (κ1) is 21.6. The number of carbonyl (C=O) groups excluding carboxylic acids is 1. The molecule has 2 aromatic carbocycles. The van der Waals surface area contributed by atoms with Crippen molar-refractivity contribution in [2.75, 3.05) is 37.0 Å². The first-order valence-corrected chi connectivity index (χ1v) is 11.8. The van der Waals surface area contributed by atoms with Crippen LogP contribution in [0.2, 0.25) is 0 Å². The average molecular weight is 437 g/mol. The molecule has 1 aliphatic rings. The van der Waals surface area contributed by atoms with E-state index in [0.29, 0.717) is 25.5 Å². The summed E-state index contributed by atoms with van der Waals surface area (Å²) in [6.07, 6.45) is 2.14. The van der Waals surface area contributed by atoms with Gasteiger partial charge in [-0.25, -0.2) is 0 Å². The number of Topliss-reactive ketones (excluding diaryl/α,β-unsaturated/α-hetero) is 1. The summed E-state index contributed by atoms with van der Waals surface area (Å²) in [5.41, 5.74) is 3.19. The van der Waals surface area contributed by atoms with Crippen LogP contribution in [0.1, 0.15) is 34.8 Å². The normalized spacial score (nSPS) is 14.0. The Morgan fingerprint density at radius 2 is 1.74 bits per heavy atom. The Morgan fingerprint density at radius 1 is 1.00 bits per heavy atom. The molecule has 2 heterocycles. The zero-order valence-corrected chi connectivity index (χ0v) is 18.7. The molecule has 1 aromatic heterocycles. The molecular weight excluding hydrogens is 408 g/mol. The molecule has 0 bridgehead atoms. The highest BCUT2D eigenvalue weighted by Crippen LogP contribution is 2.25. The zero-order chi connectivity index (χ0) is 21.5. The van der Waals surface area contributed by atoms with Crippen LogP contribution in [-0.2, 0) is 17.7 Å². The number of hydrogen-bond acceptors (Lipinski definition) is 6. The van der Waals surface area contributed by atoms with E-state index in [1.165, 1.54) is 22.9 Å². The number of ketones is 1. The van der Waals surface area contributed by atoms with Crippen LogP contribution in [0.3, 0.4) is 0 Å². The molecule has 7 heteroatoms. The van der Waals surface area contributed by atoms with Crippen molar-refractivity contribution in [1.29, 1.82) is 0 Å². The third kappa shape index (κ3) is 5.54. The minimum atomic E-state index is 0.107. The highest BCUT2D eigenvalue weighted by molar-refractivity contribution is 7.99. The lowest BCUT2D eigenvalue weighted by Crippen LogP contribution is -2.38. The zero-order valence-electron chi connectivity index (χ0n) is 17.9. The van der Waals surface area contributed by atoms with Crippen LogP contribution in [0.15, 0.2) is 59.8 Å². The van der Waals surface area contributed by atoms with Gasteiger partial charge in [0.15, 0.2) is 10.9 Å². The maximum absolute atomic E-state index is 12.8. The molecule has 6 nitrogen and oxygen atoms in total. The van der Waals surface area contributed by atoms with Crippen molar-refractivity contribution in [2.45, 2.75) is 31.5 Å². The number of morpholine rings is 1. The maximum Gasteiger partial charge on any atom is 0.228 e. The molecule has 162 valence electrons. The van der Waals surface area contributed by atoms with Crippen molar-refractivity contribution in [3.63, 3.8) is 0 Å². The van der Waals surface area contributed by atoms with Crippen molar-refractivity contribution in [2.24, 2.45) is 0 Å². The lowest BCUT2D eigenvalue weighted by atomic mass is 10.1. The van der Waals surface area contributed by atoms with Gasteiger partial charge in [0.25, 0.3) is 0 Å². The van der Waals surface area contributed by atoms with Gasteiger partial charge in [-0.15, -0.1) is 10.2 Å². The van der Waals surface area contributed by atoms with E-state index in [9.17, 15) is 4.79 Å². The van der Waals surface area contributed by atoms with Gasteiger partial charge in [0.05, 0.1) is 25.5 Å². The molecule has 1 fully saturated rings. The molecule has 0 unspecified atom stereocenters. The second kappa shape index (κ2) is 10.6. The summed E-state index contributed by atoms with van der Waals surface area (Å²) in [4.78, 5) is 15.0. The van der Waals surface area contributed by atoms with Gasteiger partial charge in [0, 0.05) is 18.7 Å². The molecule has 0 aliphatic carbocycles. The predicted molar refractivity (Wildman–Crippen MR) is 124 cm³/mol. The van der Waals surface area contributed by atoms with Crippen LogP contribution < -0.4 is 4.90 Å². The number of benzene rings is 2. The van der Waals surface area contributed by atoms with Gasteiger partial charge in [-0.3, -0.25) is 9.36 Å². The quantitative estimate of drug-likeness (QED) is 0.372. The smallest absolute Gasteiger partial charge is 0.228 e. The topological polar surface area (TPSA) is 60.3 Å². The minimum absolute atomic E-state index is 0.107. The van der Waals surface area contributed by atoms with Crippen LogP contribution in [0.5, 0.6) is 0 Å². The van der Waals surface area contributed by atoms with Crippen LogP contribution in [0, 0.1) is 0 Å². The van der Waals surface area contributed by atoms with Crippen LogP contribution in [0.4, 0.5) is 5.95 Å². The van der Waals surface area contributed by atoms with Crippen molar-refractivity contribution < 1.29 is 9.53 Å². The molecule has 0 radical (unpaired) electrons. The molecule has 31 heavy (non-hydrogen) atoms. The summed E-state index contributed by atoms with van der Waals surface area (Å²) in [5, 5.41) is 9.67.